The molecule has 0 aliphatic heterocycles. The summed E-state index contributed by atoms with van der Waals surface area (Å²) < 4.78 is 32.7. The van der Waals surface area contributed by atoms with Crippen molar-refractivity contribution < 1.29 is 27.7 Å². The van der Waals surface area contributed by atoms with Crippen LogP contribution in [0.25, 0.3) is 10.9 Å². The molecule has 0 unspecified atom stereocenters. The second kappa shape index (κ2) is 6.69. The van der Waals surface area contributed by atoms with E-state index in [1.807, 2.05) is 0 Å². The Morgan fingerprint density at radius 3 is 2.78 bits per heavy atom. The summed E-state index contributed by atoms with van der Waals surface area (Å²) in [6.07, 6.45) is 1.05. The van der Waals surface area contributed by atoms with Crippen LogP contribution in [0.3, 0.4) is 0 Å². The first-order valence-corrected chi connectivity index (χ1v) is 8.26. The maximum Gasteiger partial charge on any atom is 0.306 e. The topological polar surface area (TPSA) is 113 Å². The van der Waals surface area contributed by atoms with Crippen LogP contribution >= 0.6 is 0 Å². The van der Waals surface area contributed by atoms with Crippen LogP contribution in [0.2, 0.25) is 0 Å². The fourth-order valence-corrected chi connectivity index (χ4v) is 2.82. The van der Waals surface area contributed by atoms with Gasteiger partial charge in [0.15, 0.2) is 7.05 Å². The van der Waals surface area contributed by atoms with Crippen molar-refractivity contribution in [1.29, 1.82) is 0 Å². The largest absolute Gasteiger partial charge is 0.857 e. The van der Waals surface area contributed by atoms with Crippen LogP contribution in [0.4, 0.5) is 0 Å². The van der Waals surface area contributed by atoms with E-state index in [0.29, 0.717) is 10.9 Å². The first kappa shape index (κ1) is 16.8. The van der Waals surface area contributed by atoms with Gasteiger partial charge in [0.1, 0.15) is 5.52 Å². The van der Waals surface area contributed by atoms with E-state index in [-0.39, 0.29) is 12.0 Å². The monoisotopic (exact) mass is 337 g/mol. The van der Waals surface area contributed by atoms with Crippen LogP contribution in [0, 0.1) is 0 Å². The maximum absolute atomic E-state index is 12.2. The molecule has 0 atom stereocenters. The highest BCUT2D eigenvalue weighted by atomic mass is 32.2. The number of aryl methyl sites for hydroxylation is 1. The molecule has 0 amide bonds. The number of carbonyl (C=O) groups excluding carboxylic acids is 1. The van der Waals surface area contributed by atoms with Crippen LogP contribution in [0.5, 0.6) is 0 Å². The number of nitrogens with zero attached hydrogens (tertiary/aromatic N) is 3. The molecule has 0 aliphatic rings. The lowest BCUT2D eigenvalue weighted by Gasteiger charge is -2.11. The lowest BCUT2D eigenvalue weighted by Crippen LogP contribution is -2.35. The lowest BCUT2D eigenvalue weighted by molar-refractivity contribution is -0.728. The summed E-state index contributed by atoms with van der Waals surface area (Å²) in [5, 5.41) is 16.9. The third kappa shape index (κ3) is 4.22. The molecule has 2 rings (SSSR count). The molecule has 0 saturated heterocycles. The van der Waals surface area contributed by atoms with Crippen LogP contribution in [0.1, 0.15) is 12.0 Å². The lowest BCUT2D eigenvalue weighted by atomic mass is 10.1. The van der Waals surface area contributed by atoms with Crippen molar-refractivity contribution in [3.63, 3.8) is 0 Å². The number of sulfonamides is 1. The number of methoxy groups -OCH3 is 1. The van der Waals surface area contributed by atoms with Crippen LogP contribution < -0.4 is 9.79 Å². The van der Waals surface area contributed by atoms with Gasteiger partial charge in [-0.1, -0.05) is 22.9 Å². The summed E-state index contributed by atoms with van der Waals surface area (Å²) in [5.41, 5.74) is 0.669. The summed E-state index contributed by atoms with van der Waals surface area (Å²) >= 11 is 0. The number of ether oxygens (including phenoxy) is 1. The van der Waals surface area contributed by atoms with Gasteiger partial charge in [-0.2, -0.15) is 4.40 Å². The maximum atomic E-state index is 12.2. The molecule has 122 valence electrons. The van der Waals surface area contributed by atoms with Gasteiger partial charge in [-0.25, -0.2) is 8.42 Å². The molecule has 8 nitrogen and oxygen atoms in total. The normalized spacial score (nSPS) is 12.3. The number of esters is 1. The second-order valence-corrected chi connectivity index (χ2v) is 6.50. The Kier molecular flexibility index (Phi) is 4.89. The second-order valence-electron chi connectivity index (χ2n) is 4.74. The zero-order valence-electron chi connectivity index (χ0n) is 12.6. The van der Waals surface area contributed by atoms with Crippen molar-refractivity contribution in [3.05, 3.63) is 36.0 Å². The fraction of sp³-hybridized carbons (Fsp3) is 0.286. The molecule has 0 saturated carbocycles. The van der Waals surface area contributed by atoms with Crippen molar-refractivity contribution in [2.45, 2.75) is 6.42 Å². The van der Waals surface area contributed by atoms with Gasteiger partial charge >= 0.3 is 5.97 Å². The summed E-state index contributed by atoms with van der Waals surface area (Å²) in [6.45, 7) is 0. The highest BCUT2D eigenvalue weighted by Crippen LogP contribution is 2.14. The molecule has 23 heavy (non-hydrogen) atoms. The van der Waals surface area contributed by atoms with E-state index in [0.717, 1.165) is 7.11 Å². The fourth-order valence-electron chi connectivity index (χ4n) is 1.95. The molecule has 0 fully saturated rings. The van der Waals surface area contributed by atoms with E-state index in [2.05, 4.69) is 14.2 Å². The van der Waals surface area contributed by atoms with Gasteiger partial charge in [-0.05, 0) is 11.2 Å². The highest BCUT2D eigenvalue weighted by molar-refractivity contribution is 7.90. The Morgan fingerprint density at radius 2 is 2.09 bits per heavy atom. The number of benzene rings is 1. The average molecular weight is 337 g/mol. The van der Waals surface area contributed by atoms with E-state index in [1.165, 1.54) is 10.9 Å². The molecule has 1 aromatic carbocycles. The third-order valence-corrected chi connectivity index (χ3v) is 4.18. The van der Waals surface area contributed by atoms with Crippen molar-refractivity contribution >= 4 is 32.8 Å². The number of fused-ring (bicyclic) bond motifs is 1. The molecule has 1 heterocycles. The van der Waals surface area contributed by atoms with E-state index < -0.39 is 27.6 Å². The Hall–Kier alpha value is -2.55. The van der Waals surface area contributed by atoms with E-state index in [4.69, 9.17) is 0 Å². The van der Waals surface area contributed by atoms with Gasteiger partial charge in [0.2, 0.25) is 6.20 Å². The quantitative estimate of drug-likeness (QED) is 0.301. The molecule has 0 radical (unpaired) electrons. The first-order valence-electron chi connectivity index (χ1n) is 6.65. The van der Waals surface area contributed by atoms with Crippen molar-refractivity contribution in [2.24, 2.45) is 11.4 Å². The van der Waals surface area contributed by atoms with Crippen molar-refractivity contribution in [3.8, 4) is 0 Å². The standard InChI is InChI=1S/C14H15N3O5S/c1-17-9-11(10-5-3-4-6-12(10)15-17)14(19)16-23(20,21)8-7-13(18)22-2/h3-6,9H,7-8H2,1-2H3. The smallest absolute Gasteiger partial charge is 0.306 e. The molecule has 0 aliphatic carbocycles. The molecule has 0 spiro atoms. The minimum atomic E-state index is -4.07. The van der Waals surface area contributed by atoms with Gasteiger partial charge in [0.25, 0.3) is 10.0 Å². The van der Waals surface area contributed by atoms with Gasteiger partial charge < -0.3 is 9.84 Å². The predicted molar refractivity (Wildman–Crippen MR) is 79.9 cm³/mol. The Morgan fingerprint density at radius 1 is 1.39 bits per heavy atom. The van der Waals surface area contributed by atoms with Crippen molar-refractivity contribution in [2.75, 3.05) is 12.9 Å². The van der Waals surface area contributed by atoms with Gasteiger partial charge in [-0.15, -0.1) is 0 Å². The molecule has 9 heteroatoms. The summed E-state index contributed by atoms with van der Waals surface area (Å²) in [7, 11) is -1.30. The number of rotatable bonds is 5. The van der Waals surface area contributed by atoms with E-state index in [9.17, 15) is 18.3 Å². The minimum absolute atomic E-state index is 0.125. The Bertz CT molecular complexity index is 877. The summed E-state index contributed by atoms with van der Waals surface area (Å²) in [6, 6.07) is 6.84. The average Bonchev–Trinajstić information content (AvgIpc) is 2.51. The van der Waals surface area contributed by atoms with Gasteiger partial charge in [0.05, 0.1) is 24.8 Å². The van der Waals surface area contributed by atoms with Gasteiger partial charge in [-0.3, -0.25) is 4.79 Å². The summed E-state index contributed by atoms with van der Waals surface area (Å²) in [5.74, 6) is -2.17. The molecular formula is C14H15N3O5S. The first-order chi connectivity index (χ1) is 10.8. The van der Waals surface area contributed by atoms with E-state index in [1.54, 1.807) is 31.3 Å². The molecule has 0 N–H and O–H groups in total. The predicted octanol–water partition coefficient (Wildman–Crippen LogP) is -0.941. The minimum Gasteiger partial charge on any atom is -0.857 e. The zero-order valence-corrected chi connectivity index (χ0v) is 13.4. The zero-order chi connectivity index (χ0) is 17.0. The molecule has 0 bridgehead atoms. The Labute approximate surface area is 133 Å². The van der Waals surface area contributed by atoms with Crippen LogP contribution in [-0.4, -0.2) is 38.2 Å². The SMILES string of the molecule is COC(=O)CCS(=O)(=O)/N=C(\[O-])c1c[n+](C)nc2ccccc12. The number of carbonyl (C=O) groups is 1. The van der Waals surface area contributed by atoms with Gasteiger partial charge in [0, 0.05) is 11.3 Å². The van der Waals surface area contributed by atoms with E-state index >= 15 is 0 Å². The number of aromatic nitrogens is 2. The summed E-state index contributed by atoms with van der Waals surface area (Å²) in [4.78, 5) is 11.0. The highest BCUT2D eigenvalue weighted by Gasteiger charge is 2.15. The number of hydrogen-bond donors (Lipinski definition) is 0. The molecular weight excluding hydrogens is 322 g/mol. The Balaban J connectivity index is 2.40. The molecule has 1 aromatic heterocycles. The van der Waals surface area contributed by atoms with Crippen molar-refractivity contribution in [1.82, 2.24) is 5.10 Å². The molecule has 2 aromatic rings. The number of hydrogen-bond acceptors (Lipinski definition) is 6. The third-order valence-electron chi connectivity index (χ3n) is 3.02. The van der Waals surface area contributed by atoms with Crippen LogP contribution in [0.15, 0.2) is 34.9 Å². The van der Waals surface area contributed by atoms with Crippen LogP contribution in [-0.2, 0) is 26.6 Å².